The Hall–Kier alpha value is -2.60. The van der Waals surface area contributed by atoms with Crippen molar-refractivity contribution in [3.63, 3.8) is 0 Å². The Kier molecular flexibility index (Phi) is 4.05. The van der Waals surface area contributed by atoms with Gasteiger partial charge in [-0.2, -0.15) is 5.10 Å². The van der Waals surface area contributed by atoms with Crippen molar-refractivity contribution in [2.45, 2.75) is 32.5 Å². The van der Waals surface area contributed by atoms with Gasteiger partial charge in [0.25, 0.3) is 5.91 Å². The highest BCUT2D eigenvalue weighted by molar-refractivity contribution is 5.99. The van der Waals surface area contributed by atoms with Crippen LogP contribution < -0.4 is 0 Å². The van der Waals surface area contributed by atoms with Gasteiger partial charge >= 0.3 is 0 Å². The van der Waals surface area contributed by atoms with E-state index in [4.69, 9.17) is 9.15 Å². The van der Waals surface area contributed by atoms with Crippen molar-refractivity contribution >= 4 is 16.9 Å². The number of methoxy groups -OCH3 is 1. The number of hydrogen-bond acceptors (Lipinski definition) is 4. The lowest BCUT2D eigenvalue weighted by Crippen LogP contribution is -2.41. The molecule has 25 heavy (non-hydrogen) atoms. The zero-order valence-electron chi connectivity index (χ0n) is 14.4. The van der Waals surface area contributed by atoms with Crippen LogP contribution in [-0.2, 0) is 17.8 Å². The molecule has 6 nitrogen and oxygen atoms in total. The Morgan fingerprint density at radius 1 is 1.36 bits per heavy atom. The average Bonchev–Trinajstić information content (AvgIpc) is 3.16. The Labute approximate surface area is 146 Å². The van der Waals surface area contributed by atoms with Crippen molar-refractivity contribution in [1.82, 2.24) is 14.7 Å². The van der Waals surface area contributed by atoms with E-state index >= 15 is 0 Å². The van der Waals surface area contributed by atoms with Crippen molar-refractivity contribution in [2.24, 2.45) is 0 Å². The number of para-hydroxylation sites is 1. The van der Waals surface area contributed by atoms with E-state index in [0.717, 1.165) is 35.2 Å². The molecule has 0 unspecified atom stereocenters. The van der Waals surface area contributed by atoms with E-state index in [9.17, 15) is 4.79 Å². The van der Waals surface area contributed by atoms with Crippen LogP contribution in [-0.4, -0.2) is 40.3 Å². The topological polar surface area (TPSA) is 60.5 Å². The summed E-state index contributed by atoms with van der Waals surface area (Å²) in [6.45, 7) is 3.71. The molecule has 1 aromatic carbocycles. The van der Waals surface area contributed by atoms with Crippen molar-refractivity contribution in [3.8, 4) is 0 Å². The van der Waals surface area contributed by atoms with Crippen molar-refractivity contribution in [2.75, 3.05) is 13.7 Å². The minimum atomic E-state index is -0.0922. The number of hydrogen-bond donors (Lipinski definition) is 0. The first-order valence-corrected chi connectivity index (χ1v) is 8.47. The van der Waals surface area contributed by atoms with Crippen LogP contribution in [0.5, 0.6) is 0 Å². The summed E-state index contributed by atoms with van der Waals surface area (Å²) in [7, 11) is 1.67. The number of carbonyl (C=O) groups excluding carboxylic acids is 1. The first-order chi connectivity index (χ1) is 12.2. The molecule has 1 aliphatic rings. The average molecular weight is 339 g/mol. The molecule has 0 bridgehead atoms. The smallest absolute Gasteiger partial charge is 0.290 e. The first-order valence-electron chi connectivity index (χ1n) is 8.47. The van der Waals surface area contributed by atoms with E-state index in [1.165, 1.54) is 0 Å². The summed E-state index contributed by atoms with van der Waals surface area (Å²) in [5.74, 6) is 0.320. The second-order valence-corrected chi connectivity index (χ2v) is 6.43. The van der Waals surface area contributed by atoms with Gasteiger partial charge < -0.3 is 14.1 Å². The van der Waals surface area contributed by atoms with Gasteiger partial charge in [0.2, 0.25) is 0 Å². The zero-order chi connectivity index (χ0) is 17.4. The Balaban J connectivity index is 1.73. The van der Waals surface area contributed by atoms with Crippen molar-refractivity contribution in [1.29, 1.82) is 0 Å². The lowest BCUT2D eigenvalue weighted by molar-refractivity contribution is 0.0475. The van der Waals surface area contributed by atoms with E-state index in [1.807, 2.05) is 46.8 Å². The monoisotopic (exact) mass is 339 g/mol. The maximum atomic E-state index is 13.3. The van der Waals surface area contributed by atoms with Gasteiger partial charge in [-0.15, -0.1) is 0 Å². The molecule has 1 aliphatic heterocycles. The summed E-state index contributed by atoms with van der Waals surface area (Å²) in [5.41, 5.74) is 2.65. The maximum Gasteiger partial charge on any atom is 0.290 e. The SMILES string of the molecule is COC[C@@H]1CCn2nccc2CN1C(=O)c1oc2ccccc2c1C. The summed E-state index contributed by atoms with van der Waals surface area (Å²) in [5, 5.41) is 5.33. The number of benzene rings is 1. The van der Waals surface area contributed by atoms with Gasteiger partial charge in [0.1, 0.15) is 5.58 Å². The summed E-state index contributed by atoms with van der Waals surface area (Å²) in [6.07, 6.45) is 2.58. The molecule has 0 saturated carbocycles. The summed E-state index contributed by atoms with van der Waals surface area (Å²) in [6, 6.07) is 9.70. The Morgan fingerprint density at radius 2 is 2.20 bits per heavy atom. The van der Waals surface area contributed by atoms with Crippen LogP contribution in [0.15, 0.2) is 40.9 Å². The zero-order valence-corrected chi connectivity index (χ0v) is 14.4. The molecule has 0 aliphatic carbocycles. The molecular weight excluding hydrogens is 318 g/mol. The van der Waals surface area contributed by atoms with Crippen LogP contribution in [0, 0.1) is 6.92 Å². The van der Waals surface area contributed by atoms with E-state index in [2.05, 4.69) is 5.10 Å². The quantitative estimate of drug-likeness (QED) is 0.736. The van der Waals surface area contributed by atoms with E-state index in [0.29, 0.717) is 18.9 Å². The first kappa shape index (κ1) is 15.9. The minimum absolute atomic E-state index is 0.00758. The molecule has 0 radical (unpaired) electrons. The van der Waals surface area contributed by atoms with Gasteiger partial charge in [0.05, 0.1) is 24.9 Å². The number of ether oxygens (including phenoxy) is 1. The van der Waals surface area contributed by atoms with Gasteiger partial charge in [-0.25, -0.2) is 0 Å². The molecular formula is C19H21N3O3. The van der Waals surface area contributed by atoms with Gasteiger partial charge in [-0.1, -0.05) is 18.2 Å². The third-order valence-corrected chi connectivity index (χ3v) is 4.91. The number of carbonyl (C=O) groups is 1. The molecule has 3 aromatic rings. The van der Waals surface area contributed by atoms with Crippen LogP contribution in [0.3, 0.4) is 0 Å². The van der Waals surface area contributed by atoms with Crippen LogP contribution in [0.4, 0.5) is 0 Å². The molecule has 1 amide bonds. The fourth-order valence-electron chi connectivity index (χ4n) is 3.54. The van der Waals surface area contributed by atoms with Gasteiger partial charge in [0.15, 0.2) is 5.76 Å². The number of aromatic nitrogens is 2. The van der Waals surface area contributed by atoms with Gasteiger partial charge in [-0.05, 0) is 25.5 Å². The highest BCUT2D eigenvalue weighted by atomic mass is 16.5. The number of aryl methyl sites for hydroxylation is 2. The fourth-order valence-corrected chi connectivity index (χ4v) is 3.54. The van der Waals surface area contributed by atoms with E-state index in [-0.39, 0.29) is 11.9 Å². The molecule has 3 heterocycles. The molecule has 1 atom stereocenters. The summed E-state index contributed by atoms with van der Waals surface area (Å²) >= 11 is 0. The van der Waals surface area contributed by atoms with Gasteiger partial charge in [0, 0.05) is 30.8 Å². The predicted octanol–water partition coefficient (Wildman–Crippen LogP) is 3.00. The normalized spacial score (nSPS) is 17.5. The number of rotatable bonds is 3. The highest BCUT2D eigenvalue weighted by Gasteiger charge is 2.31. The Morgan fingerprint density at radius 3 is 3.00 bits per heavy atom. The van der Waals surface area contributed by atoms with Crippen molar-refractivity contribution in [3.05, 3.63) is 53.5 Å². The summed E-state index contributed by atoms with van der Waals surface area (Å²) in [4.78, 5) is 15.2. The number of nitrogens with zero attached hydrogens (tertiary/aromatic N) is 3. The predicted molar refractivity (Wildman–Crippen MR) is 93.3 cm³/mol. The van der Waals surface area contributed by atoms with E-state index in [1.54, 1.807) is 13.3 Å². The number of amides is 1. The molecule has 6 heteroatoms. The lowest BCUT2D eigenvalue weighted by Gasteiger charge is -2.28. The van der Waals surface area contributed by atoms with Gasteiger partial charge in [-0.3, -0.25) is 9.48 Å². The molecule has 130 valence electrons. The van der Waals surface area contributed by atoms with Crippen LogP contribution in [0.2, 0.25) is 0 Å². The van der Waals surface area contributed by atoms with E-state index < -0.39 is 0 Å². The lowest BCUT2D eigenvalue weighted by atomic mass is 10.1. The summed E-state index contributed by atoms with van der Waals surface area (Å²) < 4.78 is 13.2. The standard InChI is InChI=1S/C19H21N3O3/c1-13-16-5-3-4-6-17(16)25-18(13)19(23)21-11-14-7-9-20-22(14)10-8-15(21)12-24-2/h3-7,9,15H,8,10-12H2,1-2H3/t15-/m0/s1. The molecule has 0 fully saturated rings. The molecule has 4 rings (SSSR count). The van der Waals surface area contributed by atoms with Crippen LogP contribution in [0.25, 0.3) is 11.0 Å². The third kappa shape index (κ3) is 2.72. The highest BCUT2D eigenvalue weighted by Crippen LogP contribution is 2.28. The molecule has 2 aromatic heterocycles. The second kappa shape index (κ2) is 6.37. The molecule has 0 spiro atoms. The number of furan rings is 1. The second-order valence-electron chi connectivity index (χ2n) is 6.43. The van der Waals surface area contributed by atoms with Crippen LogP contribution in [0.1, 0.15) is 28.2 Å². The number of fused-ring (bicyclic) bond motifs is 2. The largest absolute Gasteiger partial charge is 0.451 e. The third-order valence-electron chi connectivity index (χ3n) is 4.91. The minimum Gasteiger partial charge on any atom is -0.451 e. The maximum absolute atomic E-state index is 13.3. The molecule has 0 N–H and O–H groups in total. The molecule has 0 saturated heterocycles. The van der Waals surface area contributed by atoms with Crippen molar-refractivity contribution < 1.29 is 13.9 Å². The van der Waals surface area contributed by atoms with Crippen LogP contribution >= 0.6 is 0 Å². The Bertz CT molecular complexity index is 912. The fraction of sp³-hybridized carbons (Fsp3) is 0.368.